The van der Waals surface area contributed by atoms with E-state index in [1.54, 1.807) is 13.8 Å². The number of Topliss-reactive ketones (excluding diaryl/α,β-unsaturated/α-hetero) is 1. The summed E-state index contributed by atoms with van der Waals surface area (Å²) in [6.07, 6.45) is 1.01. The van der Waals surface area contributed by atoms with Gasteiger partial charge in [-0.3, -0.25) is 9.79 Å². The van der Waals surface area contributed by atoms with Gasteiger partial charge in [0.25, 0.3) is 0 Å². The van der Waals surface area contributed by atoms with Gasteiger partial charge in [-0.05, 0) is 26.7 Å². The van der Waals surface area contributed by atoms with Gasteiger partial charge in [0, 0.05) is 6.54 Å². The molecule has 1 aromatic heterocycles. The highest BCUT2D eigenvalue weighted by molar-refractivity contribution is 5.96. The Labute approximate surface area is 117 Å². The minimum absolute atomic E-state index is 0.0112. The molecule has 0 saturated carbocycles. The van der Waals surface area contributed by atoms with Crippen LogP contribution in [0.1, 0.15) is 34.8 Å². The third-order valence-corrected chi connectivity index (χ3v) is 2.76. The first-order valence-corrected chi connectivity index (χ1v) is 6.22. The average molecular weight is 280 g/mol. The van der Waals surface area contributed by atoms with Crippen molar-refractivity contribution in [3.63, 3.8) is 0 Å². The number of hydrogen-bond acceptors (Lipinski definition) is 6. The van der Waals surface area contributed by atoms with E-state index in [0.717, 1.165) is 0 Å². The van der Waals surface area contributed by atoms with Crippen LogP contribution in [0.15, 0.2) is 4.99 Å². The first-order valence-electron chi connectivity index (χ1n) is 6.22. The normalized spacial score (nSPS) is 11.9. The van der Waals surface area contributed by atoms with Gasteiger partial charge in [-0.1, -0.05) is 0 Å². The van der Waals surface area contributed by atoms with E-state index in [4.69, 9.17) is 17.2 Å². The predicted molar refractivity (Wildman–Crippen MR) is 75.4 cm³/mol. The van der Waals surface area contributed by atoms with Crippen molar-refractivity contribution in [3.8, 4) is 5.75 Å². The van der Waals surface area contributed by atoms with E-state index in [0.29, 0.717) is 30.8 Å². The first-order chi connectivity index (χ1) is 9.32. The van der Waals surface area contributed by atoms with Crippen LogP contribution in [0, 0.1) is 13.8 Å². The van der Waals surface area contributed by atoms with E-state index in [-0.39, 0.29) is 23.3 Å². The van der Waals surface area contributed by atoms with Crippen LogP contribution in [-0.2, 0) is 0 Å². The van der Waals surface area contributed by atoms with Gasteiger partial charge in [-0.25, -0.2) is 9.97 Å². The van der Waals surface area contributed by atoms with E-state index >= 15 is 0 Å². The van der Waals surface area contributed by atoms with Crippen LogP contribution in [-0.4, -0.2) is 39.4 Å². The number of guanidine groups is 1. The second-order valence-electron chi connectivity index (χ2n) is 4.49. The molecule has 7 N–H and O–H groups in total. The molecule has 20 heavy (non-hydrogen) atoms. The first kappa shape index (κ1) is 15.8. The number of rotatable bonds is 6. The van der Waals surface area contributed by atoms with Gasteiger partial charge < -0.3 is 22.3 Å². The quantitative estimate of drug-likeness (QED) is 0.234. The van der Waals surface area contributed by atoms with Gasteiger partial charge in [0.2, 0.25) is 5.78 Å². The fraction of sp³-hybridized carbons (Fsp3) is 0.500. The maximum absolute atomic E-state index is 12.1. The van der Waals surface area contributed by atoms with Crippen LogP contribution >= 0.6 is 0 Å². The van der Waals surface area contributed by atoms with Crippen LogP contribution in [0.2, 0.25) is 0 Å². The Bertz CT molecular complexity index is 502. The summed E-state index contributed by atoms with van der Waals surface area (Å²) in [6.45, 7) is 3.62. The lowest BCUT2D eigenvalue weighted by molar-refractivity contribution is 0.0945. The Morgan fingerprint density at radius 3 is 2.35 bits per heavy atom. The summed E-state index contributed by atoms with van der Waals surface area (Å²) in [5.41, 5.74) is 16.9. The number of nitrogens with two attached hydrogens (primary N) is 3. The Hall–Kier alpha value is -2.22. The molecule has 0 unspecified atom stereocenters. The maximum atomic E-state index is 12.1. The zero-order valence-electron chi connectivity index (χ0n) is 11.6. The number of aryl methyl sites for hydroxylation is 2. The molecule has 0 fully saturated rings. The summed E-state index contributed by atoms with van der Waals surface area (Å²) < 4.78 is 0. The van der Waals surface area contributed by atoms with Crippen LogP contribution in [0.4, 0.5) is 0 Å². The summed E-state index contributed by atoms with van der Waals surface area (Å²) in [7, 11) is 0. The molecule has 0 amide bonds. The molecule has 1 heterocycles. The number of aliphatic imine (C=N–C) groups is 1. The number of ketones is 1. The van der Waals surface area contributed by atoms with Crippen LogP contribution in [0.25, 0.3) is 0 Å². The van der Waals surface area contributed by atoms with Gasteiger partial charge in [0.1, 0.15) is 0 Å². The summed E-state index contributed by atoms with van der Waals surface area (Å²) in [6, 6.07) is -0.715. The Balaban J connectivity index is 2.67. The molecule has 0 bridgehead atoms. The predicted octanol–water partition coefficient (Wildman–Crippen LogP) is -0.637. The molecule has 0 aliphatic rings. The van der Waals surface area contributed by atoms with Crippen molar-refractivity contribution >= 4 is 11.7 Å². The molecule has 0 radical (unpaired) electrons. The van der Waals surface area contributed by atoms with E-state index in [9.17, 15) is 9.90 Å². The molecule has 1 rings (SSSR count). The van der Waals surface area contributed by atoms with Gasteiger partial charge in [0.15, 0.2) is 17.5 Å². The lowest BCUT2D eigenvalue weighted by Crippen LogP contribution is -2.32. The number of carbonyl (C=O) groups is 1. The molecule has 0 aromatic carbocycles. The maximum Gasteiger partial charge on any atom is 0.216 e. The molecule has 110 valence electrons. The number of aromatic hydroxyl groups is 1. The molecular formula is C12H20N6O2. The van der Waals surface area contributed by atoms with Crippen LogP contribution in [0.3, 0.4) is 0 Å². The molecular weight excluding hydrogens is 260 g/mol. The van der Waals surface area contributed by atoms with Crippen molar-refractivity contribution in [2.45, 2.75) is 32.7 Å². The minimum atomic E-state index is -0.715. The summed E-state index contributed by atoms with van der Waals surface area (Å²) in [4.78, 5) is 23.8. The lowest BCUT2D eigenvalue weighted by atomic mass is 10.1. The zero-order chi connectivity index (χ0) is 15.3. The van der Waals surface area contributed by atoms with Gasteiger partial charge in [0.05, 0.1) is 17.4 Å². The van der Waals surface area contributed by atoms with Crippen LogP contribution in [0.5, 0.6) is 5.75 Å². The number of hydrogen-bond donors (Lipinski definition) is 4. The van der Waals surface area contributed by atoms with Gasteiger partial charge in [-0.15, -0.1) is 0 Å². The van der Waals surface area contributed by atoms with Crippen LogP contribution < -0.4 is 17.2 Å². The van der Waals surface area contributed by atoms with Crippen molar-refractivity contribution in [2.24, 2.45) is 22.2 Å². The molecule has 0 aliphatic heterocycles. The molecule has 0 spiro atoms. The van der Waals surface area contributed by atoms with Gasteiger partial charge >= 0.3 is 0 Å². The lowest BCUT2D eigenvalue weighted by Gasteiger charge is -2.10. The van der Waals surface area contributed by atoms with E-state index in [2.05, 4.69) is 15.0 Å². The van der Waals surface area contributed by atoms with Crippen molar-refractivity contribution < 1.29 is 9.90 Å². The third-order valence-electron chi connectivity index (χ3n) is 2.76. The van der Waals surface area contributed by atoms with E-state index < -0.39 is 6.04 Å². The molecule has 1 aromatic rings. The summed E-state index contributed by atoms with van der Waals surface area (Å²) >= 11 is 0. The highest BCUT2D eigenvalue weighted by Gasteiger charge is 2.20. The third kappa shape index (κ3) is 4.16. The SMILES string of the molecule is Cc1nc(C(=O)[C@@H](N)CCCN=C(N)N)nc(C)c1O. The second kappa shape index (κ2) is 6.80. The highest BCUT2D eigenvalue weighted by atomic mass is 16.3. The fourth-order valence-corrected chi connectivity index (χ4v) is 1.64. The Kier molecular flexibility index (Phi) is 5.39. The zero-order valence-corrected chi connectivity index (χ0v) is 11.6. The molecule has 0 saturated heterocycles. The number of nitrogens with zero attached hydrogens (tertiary/aromatic N) is 3. The fourth-order valence-electron chi connectivity index (χ4n) is 1.64. The smallest absolute Gasteiger partial charge is 0.216 e. The summed E-state index contributed by atoms with van der Waals surface area (Å²) in [5.74, 6) is -0.339. The minimum Gasteiger partial charge on any atom is -0.504 e. The Morgan fingerprint density at radius 1 is 1.30 bits per heavy atom. The number of carbonyl (C=O) groups excluding carboxylic acids is 1. The van der Waals surface area contributed by atoms with Crippen molar-refractivity contribution in [2.75, 3.05) is 6.54 Å². The second-order valence-corrected chi connectivity index (χ2v) is 4.49. The molecule has 1 atom stereocenters. The largest absolute Gasteiger partial charge is 0.504 e. The van der Waals surface area contributed by atoms with Crippen molar-refractivity contribution in [1.82, 2.24) is 9.97 Å². The monoisotopic (exact) mass is 280 g/mol. The van der Waals surface area contributed by atoms with E-state index in [1.165, 1.54) is 0 Å². The molecule has 8 nitrogen and oxygen atoms in total. The topological polar surface area (TPSA) is 153 Å². The Morgan fingerprint density at radius 2 is 1.85 bits per heavy atom. The van der Waals surface area contributed by atoms with Gasteiger partial charge in [-0.2, -0.15) is 0 Å². The molecule has 8 heteroatoms. The standard InChI is InChI=1S/C12H20N6O2/c1-6-9(19)7(2)18-11(17-6)10(20)8(13)4-3-5-16-12(14)15/h8,19H,3-5,13H2,1-2H3,(H4,14,15,16)/t8-/m0/s1. The highest BCUT2D eigenvalue weighted by Crippen LogP contribution is 2.17. The number of aromatic nitrogens is 2. The average Bonchev–Trinajstić information content (AvgIpc) is 2.39. The van der Waals surface area contributed by atoms with Crippen molar-refractivity contribution in [3.05, 3.63) is 17.2 Å². The summed E-state index contributed by atoms with van der Waals surface area (Å²) in [5, 5.41) is 9.57. The molecule has 0 aliphatic carbocycles. The van der Waals surface area contributed by atoms with Crippen molar-refractivity contribution in [1.29, 1.82) is 0 Å². The van der Waals surface area contributed by atoms with E-state index in [1.807, 2.05) is 0 Å².